The van der Waals surface area contributed by atoms with Crippen molar-refractivity contribution in [3.05, 3.63) is 65.7 Å². The van der Waals surface area contributed by atoms with Gasteiger partial charge in [-0.1, -0.05) is 18.2 Å². The van der Waals surface area contributed by atoms with Crippen LogP contribution in [0, 0.1) is 11.6 Å². The summed E-state index contributed by atoms with van der Waals surface area (Å²) in [5.74, 6) is -0.895. The number of hydrogen-bond acceptors (Lipinski definition) is 4. The van der Waals surface area contributed by atoms with Crippen LogP contribution < -0.4 is 10.6 Å². The van der Waals surface area contributed by atoms with Gasteiger partial charge < -0.3 is 10.6 Å². The summed E-state index contributed by atoms with van der Waals surface area (Å²) in [6, 6.07) is 11.5. The quantitative estimate of drug-likeness (QED) is 0.657. The zero-order valence-corrected chi connectivity index (χ0v) is 18.5. The van der Waals surface area contributed by atoms with Gasteiger partial charge >= 0.3 is 0 Å². The van der Waals surface area contributed by atoms with E-state index in [1.807, 2.05) is 13.8 Å². The smallest absolute Gasteiger partial charge is 0.241 e. The average Bonchev–Trinajstić information content (AvgIpc) is 2.79. The van der Waals surface area contributed by atoms with Gasteiger partial charge in [0.15, 0.2) is 0 Å². The maximum absolute atomic E-state index is 13.3. The molecule has 0 aliphatic carbocycles. The Hall–Kier alpha value is -2.84. The first kappa shape index (κ1) is 23.8. The number of anilines is 1. The van der Waals surface area contributed by atoms with E-state index in [2.05, 4.69) is 20.4 Å². The molecule has 0 aromatic heterocycles. The molecule has 2 amide bonds. The molecule has 2 atom stereocenters. The molecule has 1 fully saturated rings. The number of rotatable bonds is 8. The highest BCUT2D eigenvalue weighted by molar-refractivity contribution is 5.94. The van der Waals surface area contributed by atoms with Crippen molar-refractivity contribution in [2.75, 3.05) is 38.0 Å². The van der Waals surface area contributed by atoms with Crippen LogP contribution in [0.5, 0.6) is 0 Å². The second kappa shape index (κ2) is 11.2. The molecule has 1 saturated heterocycles. The van der Waals surface area contributed by atoms with Crippen molar-refractivity contribution >= 4 is 17.5 Å². The Morgan fingerprint density at radius 3 is 2.06 bits per heavy atom. The number of carbonyl (C=O) groups excluding carboxylic acids is 2. The third-order valence-electron chi connectivity index (χ3n) is 5.92. The number of carbonyl (C=O) groups is 2. The van der Waals surface area contributed by atoms with Crippen LogP contribution in [0.15, 0.2) is 48.5 Å². The molecule has 172 valence electrons. The highest BCUT2D eigenvalue weighted by atomic mass is 19.1. The summed E-state index contributed by atoms with van der Waals surface area (Å²) >= 11 is 0. The standard InChI is InChI=1S/C24H30F2N4O2/c1-17(23(31)27-11-10-19-6-8-20(25)9-7-19)29-12-14-30(15-13-29)18(2)24(32)28-22-5-3-4-21(26)16-22/h3-9,16-18H,10-15H2,1-2H3,(H,27,31)(H,28,32). The Morgan fingerprint density at radius 2 is 1.47 bits per heavy atom. The van der Waals surface area contributed by atoms with Crippen molar-refractivity contribution in [2.24, 2.45) is 0 Å². The van der Waals surface area contributed by atoms with E-state index in [1.165, 1.54) is 24.3 Å². The summed E-state index contributed by atoms with van der Waals surface area (Å²) in [5, 5.41) is 5.70. The Balaban J connectivity index is 1.41. The second-order valence-electron chi connectivity index (χ2n) is 8.09. The predicted octanol–water partition coefficient (Wildman–Crippen LogP) is 2.66. The van der Waals surface area contributed by atoms with Gasteiger partial charge in [-0.3, -0.25) is 19.4 Å². The van der Waals surface area contributed by atoms with Crippen LogP contribution in [0.3, 0.4) is 0 Å². The zero-order chi connectivity index (χ0) is 23.1. The molecule has 0 spiro atoms. The van der Waals surface area contributed by atoms with Gasteiger partial charge in [0.1, 0.15) is 11.6 Å². The molecular formula is C24H30F2N4O2. The number of hydrogen-bond donors (Lipinski definition) is 2. The molecule has 6 nitrogen and oxygen atoms in total. The Morgan fingerprint density at radius 1 is 0.875 bits per heavy atom. The molecule has 2 N–H and O–H groups in total. The maximum Gasteiger partial charge on any atom is 0.241 e. The minimum atomic E-state index is -0.394. The first-order valence-corrected chi connectivity index (χ1v) is 10.9. The Kier molecular flexibility index (Phi) is 8.30. The summed E-state index contributed by atoms with van der Waals surface area (Å²) in [5.41, 5.74) is 1.41. The van der Waals surface area contributed by atoms with Gasteiger partial charge in [-0.25, -0.2) is 8.78 Å². The summed E-state index contributed by atoms with van der Waals surface area (Å²) in [6.07, 6.45) is 0.643. The monoisotopic (exact) mass is 444 g/mol. The van der Waals surface area contributed by atoms with Gasteiger partial charge in [-0.05, 0) is 56.2 Å². The molecule has 1 aliphatic rings. The lowest BCUT2D eigenvalue weighted by molar-refractivity contribution is -0.128. The molecule has 1 heterocycles. The van der Waals surface area contributed by atoms with E-state index < -0.39 is 5.82 Å². The van der Waals surface area contributed by atoms with E-state index in [9.17, 15) is 18.4 Å². The van der Waals surface area contributed by atoms with Gasteiger partial charge in [-0.2, -0.15) is 0 Å². The summed E-state index contributed by atoms with van der Waals surface area (Å²) in [7, 11) is 0. The topological polar surface area (TPSA) is 64.7 Å². The molecule has 0 bridgehead atoms. The number of piperazine rings is 1. The van der Waals surface area contributed by atoms with E-state index in [0.29, 0.717) is 44.8 Å². The zero-order valence-electron chi connectivity index (χ0n) is 18.5. The highest BCUT2D eigenvalue weighted by Gasteiger charge is 2.29. The lowest BCUT2D eigenvalue weighted by Gasteiger charge is -2.39. The molecule has 3 rings (SSSR count). The fraction of sp³-hybridized carbons (Fsp3) is 0.417. The third-order valence-corrected chi connectivity index (χ3v) is 5.92. The normalized spacial score (nSPS) is 16.9. The fourth-order valence-electron chi connectivity index (χ4n) is 3.79. The number of nitrogens with zero attached hydrogens (tertiary/aromatic N) is 2. The summed E-state index contributed by atoms with van der Waals surface area (Å²) < 4.78 is 26.3. The average molecular weight is 445 g/mol. The van der Waals surface area contributed by atoms with Crippen molar-refractivity contribution in [3.63, 3.8) is 0 Å². The van der Waals surface area contributed by atoms with E-state index in [0.717, 1.165) is 5.56 Å². The number of nitrogens with one attached hydrogen (secondary N) is 2. The van der Waals surface area contributed by atoms with Gasteiger partial charge in [0.25, 0.3) is 0 Å². The second-order valence-corrected chi connectivity index (χ2v) is 8.09. The molecule has 0 saturated carbocycles. The van der Waals surface area contributed by atoms with Gasteiger partial charge in [-0.15, -0.1) is 0 Å². The molecule has 2 unspecified atom stereocenters. The van der Waals surface area contributed by atoms with E-state index >= 15 is 0 Å². The first-order chi connectivity index (χ1) is 15.3. The van der Waals surface area contributed by atoms with E-state index in [1.54, 1.807) is 24.3 Å². The van der Waals surface area contributed by atoms with Crippen LogP contribution in [0.4, 0.5) is 14.5 Å². The van der Waals surface area contributed by atoms with Crippen molar-refractivity contribution in [1.82, 2.24) is 15.1 Å². The highest BCUT2D eigenvalue weighted by Crippen LogP contribution is 2.13. The summed E-state index contributed by atoms with van der Waals surface area (Å²) in [6.45, 7) is 6.86. The molecular weight excluding hydrogens is 414 g/mol. The SMILES string of the molecule is CC(C(=O)NCCc1ccc(F)cc1)N1CCN(C(C)C(=O)Nc2cccc(F)c2)CC1. The van der Waals surface area contributed by atoms with Crippen LogP contribution in [-0.2, 0) is 16.0 Å². The molecule has 2 aromatic rings. The van der Waals surface area contributed by atoms with Crippen molar-refractivity contribution in [2.45, 2.75) is 32.4 Å². The summed E-state index contributed by atoms with van der Waals surface area (Å²) in [4.78, 5) is 29.2. The van der Waals surface area contributed by atoms with Crippen LogP contribution in [0.25, 0.3) is 0 Å². The van der Waals surface area contributed by atoms with Gasteiger partial charge in [0.2, 0.25) is 11.8 Å². The maximum atomic E-state index is 13.3. The largest absolute Gasteiger partial charge is 0.354 e. The lowest BCUT2D eigenvalue weighted by Crippen LogP contribution is -2.57. The molecule has 8 heteroatoms. The molecule has 32 heavy (non-hydrogen) atoms. The molecule has 1 aliphatic heterocycles. The number of benzene rings is 2. The minimum absolute atomic E-state index is 0.0440. The van der Waals surface area contributed by atoms with Crippen LogP contribution in [0.2, 0.25) is 0 Å². The van der Waals surface area contributed by atoms with E-state index in [4.69, 9.17) is 0 Å². The number of halogens is 2. The van der Waals surface area contributed by atoms with E-state index in [-0.39, 0.29) is 29.7 Å². The van der Waals surface area contributed by atoms with Crippen LogP contribution in [0.1, 0.15) is 19.4 Å². The Labute approximate surface area is 187 Å². The third kappa shape index (κ3) is 6.58. The number of amides is 2. The van der Waals surface area contributed by atoms with Crippen molar-refractivity contribution < 1.29 is 18.4 Å². The fourth-order valence-corrected chi connectivity index (χ4v) is 3.79. The van der Waals surface area contributed by atoms with Crippen molar-refractivity contribution in [1.29, 1.82) is 0 Å². The van der Waals surface area contributed by atoms with Gasteiger partial charge in [0, 0.05) is 38.4 Å². The minimum Gasteiger partial charge on any atom is -0.354 e. The molecule has 2 aromatic carbocycles. The lowest BCUT2D eigenvalue weighted by atomic mass is 10.1. The molecule has 0 radical (unpaired) electrons. The van der Waals surface area contributed by atoms with Crippen LogP contribution in [-0.4, -0.2) is 66.4 Å². The van der Waals surface area contributed by atoms with Crippen LogP contribution >= 0.6 is 0 Å². The van der Waals surface area contributed by atoms with Crippen molar-refractivity contribution in [3.8, 4) is 0 Å². The van der Waals surface area contributed by atoms with Gasteiger partial charge in [0.05, 0.1) is 12.1 Å². The Bertz CT molecular complexity index is 914. The first-order valence-electron chi connectivity index (χ1n) is 10.9. The predicted molar refractivity (Wildman–Crippen MR) is 120 cm³/mol.